The van der Waals surface area contributed by atoms with E-state index in [-0.39, 0.29) is 5.69 Å². The summed E-state index contributed by atoms with van der Waals surface area (Å²) in [5, 5.41) is 3.04. The molecule has 2 aromatic rings. The summed E-state index contributed by atoms with van der Waals surface area (Å²) in [5.74, 6) is -0.817. The number of aryl methyl sites for hydroxylation is 1. The van der Waals surface area contributed by atoms with E-state index in [4.69, 9.17) is 21.1 Å². The second-order valence-corrected chi connectivity index (χ2v) is 5.36. The van der Waals surface area contributed by atoms with E-state index in [2.05, 4.69) is 15.3 Å². The van der Waals surface area contributed by atoms with Crippen molar-refractivity contribution in [1.29, 1.82) is 0 Å². The number of amides is 1. The molecule has 126 valence electrons. The molecule has 0 bridgehead atoms. The average molecular weight is 350 g/mol. The summed E-state index contributed by atoms with van der Waals surface area (Å²) in [6.07, 6.45) is 1.70. The largest absolute Gasteiger partial charge is 0.495 e. The molecule has 0 saturated heterocycles. The van der Waals surface area contributed by atoms with E-state index in [1.807, 2.05) is 0 Å². The maximum absolute atomic E-state index is 12.2. The highest BCUT2D eigenvalue weighted by molar-refractivity contribution is 6.31. The van der Waals surface area contributed by atoms with Gasteiger partial charge in [0.25, 0.3) is 5.91 Å². The molecule has 0 radical (unpaired) electrons. The summed E-state index contributed by atoms with van der Waals surface area (Å²) in [7, 11) is 1.47. The number of carbonyl (C=O) groups excluding carboxylic acids is 2. The number of hydrogen-bond donors (Lipinski definition) is 1. The van der Waals surface area contributed by atoms with E-state index in [1.54, 1.807) is 19.1 Å². The number of esters is 1. The van der Waals surface area contributed by atoms with Gasteiger partial charge in [-0.25, -0.2) is 9.78 Å². The van der Waals surface area contributed by atoms with Gasteiger partial charge in [0.05, 0.1) is 24.7 Å². The molecule has 1 heterocycles. The van der Waals surface area contributed by atoms with Crippen molar-refractivity contribution in [1.82, 2.24) is 9.97 Å². The SMILES string of the molecule is COc1ccc(Cl)cc1NC(=O)[C@H](C)OC(=O)c1cnc(C)cn1. The Bertz CT molecular complexity index is 749. The number of nitrogens with zero attached hydrogens (tertiary/aromatic N) is 2. The highest BCUT2D eigenvalue weighted by Crippen LogP contribution is 2.27. The second-order valence-electron chi connectivity index (χ2n) is 4.92. The van der Waals surface area contributed by atoms with Gasteiger partial charge in [-0.1, -0.05) is 11.6 Å². The predicted octanol–water partition coefficient (Wildman–Crippen LogP) is 2.63. The lowest BCUT2D eigenvalue weighted by atomic mass is 10.2. The Labute approximate surface area is 144 Å². The molecule has 8 heteroatoms. The van der Waals surface area contributed by atoms with Crippen LogP contribution in [-0.4, -0.2) is 35.1 Å². The standard InChI is InChI=1S/C16H16ClN3O4/c1-9-7-19-13(8-18-9)16(22)24-10(2)15(21)20-12-6-11(17)4-5-14(12)23-3/h4-8,10H,1-3H3,(H,20,21)/t10-/m0/s1. The number of carbonyl (C=O) groups is 2. The van der Waals surface area contributed by atoms with Gasteiger partial charge in [0.15, 0.2) is 11.8 Å². The molecule has 0 unspecified atom stereocenters. The molecule has 1 amide bonds. The minimum absolute atomic E-state index is 0.0283. The summed E-state index contributed by atoms with van der Waals surface area (Å²) < 4.78 is 10.2. The lowest BCUT2D eigenvalue weighted by Crippen LogP contribution is -2.30. The monoisotopic (exact) mass is 349 g/mol. The summed E-state index contributed by atoms with van der Waals surface area (Å²) in [5.41, 5.74) is 1.08. The lowest BCUT2D eigenvalue weighted by molar-refractivity contribution is -0.123. The van der Waals surface area contributed by atoms with E-state index < -0.39 is 18.0 Å². The van der Waals surface area contributed by atoms with E-state index in [0.717, 1.165) is 0 Å². The van der Waals surface area contributed by atoms with Crippen molar-refractivity contribution in [2.24, 2.45) is 0 Å². The first-order valence-electron chi connectivity index (χ1n) is 7.04. The van der Waals surface area contributed by atoms with Gasteiger partial charge in [0, 0.05) is 11.2 Å². The van der Waals surface area contributed by atoms with Gasteiger partial charge in [-0.2, -0.15) is 0 Å². The fourth-order valence-corrected chi connectivity index (χ4v) is 1.96. The van der Waals surface area contributed by atoms with Crippen LogP contribution in [0.25, 0.3) is 0 Å². The Hall–Kier alpha value is -2.67. The topological polar surface area (TPSA) is 90.4 Å². The summed E-state index contributed by atoms with van der Waals surface area (Å²) in [4.78, 5) is 32.0. The first-order chi connectivity index (χ1) is 11.4. The molecular weight excluding hydrogens is 334 g/mol. The Morgan fingerprint density at radius 2 is 2.00 bits per heavy atom. The maximum Gasteiger partial charge on any atom is 0.359 e. The maximum atomic E-state index is 12.2. The van der Waals surface area contributed by atoms with Crippen molar-refractivity contribution in [2.45, 2.75) is 20.0 Å². The van der Waals surface area contributed by atoms with Crippen LogP contribution in [0, 0.1) is 6.92 Å². The lowest BCUT2D eigenvalue weighted by Gasteiger charge is -2.15. The smallest absolute Gasteiger partial charge is 0.359 e. The van der Waals surface area contributed by atoms with Crippen LogP contribution < -0.4 is 10.1 Å². The Kier molecular flexibility index (Phi) is 5.70. The third kappa shape index (κ3) is 4.42. The number of hydrogen-bond acceptors (Lipinski definition) is 6. The zero-order valence-electron chi connectivity index (χ0n) is 13.4. The van der Waals surface area contributed by atoms with E-state index in [9.17, 15) is 9.59 Å². The van der Waals surface area contributed by atoms with Gasteiger partial charge in [0.2, 0.25) is 0 Å². The first-order valence-corrected chi connectivity index (χ1v) is 7.42. The molecule has 0 spiro atoms. The molecule has 1 aromatic heterocycles. The molecule has 24 heavy (non-hydrogen) atoms. The summed E-state index contributed by atoms with van der Waals surface area (Å²) in [6.45, 7) is 3.20. The quantitative estimate of drug-likeness (QED) is 0.834. The van der Waals surface area contributed by atoms with Crippen LogP contribution >= 0.6 is 11.6 Å². The molecule has 2 rings (SSSR count). The van der Waals surface area contributed by atoms with Gasteiger partial charge in [-0.3, -0.25) is 9.78 Å². The number of methoxy groups -OCH3 is 1. The van der Waals surface area contributed by atoms with Crippen LogP contribution in [0.1, 0.15) is 23.1 Å². The Balaban J connectivity index is 2.03. The van der Waals surface area contributed by atoms with Crippen molar-refractivity contribution >= 4 is 29.2 Å². The highest BCUT2D eigenvalue weighted by atomic mass is 35.5. The van der Waals surface area contributed by atoms with Gasteiger partial charge in [0.1, 0.15) is 5.75 Å². The number of benzene rings is 1. The third-order valence-electron chi connectivity index (χ3n) is 3.06. The minimum Gasteiger partial charge on any atom is -0.495 e. The number of rotatable bonds is 5. The number of aromatic nitrogens is 2. The van der Waals surface area contributed by atoms with Crippen LogP contribution in [-0.2, 0) is 9.53 Å². The van der Waals surface area contributed by atoms with Crippen LogP contribution in [0.2, 0.25) is 5.02 Å². The number of halogens is 1. The fourth-order valence-electron chi connectivity index (χ4n) is 1.78. The van der Waals surface area contributed by atoms with Crippen LogP contribution in [0.3, 0.4) is 0 Å². The van der Waals surface area contributed by atoms with Crippen molar-refractivity contribution in [3.63, 3.8) is 0 Å². The Morgan fingerprint density at radius 1 is 1.25 bits per heavy atom. The normalized spacial score (nSPS) is 11.5. The Morgan fingerprint density at radius 3 is 2.62 bits per heavy atom. The van der Waals surface area contributed by atoms with Crippen LogP contribution in [0.15, 0.2) is 30.6 Å². The molecule has 1 atom stereocenters. The molecular formula is C16H16ClN3O4. The van der Waals surface area contributed by atoms with Gasteiger partial charge in [-0.05, 0) is 32.0 Å². The van der Waals surface area contributed by atoms with Gasteiger partial charge >= 0.3 is 5.97 Å². The van der Waals surface area contributed by atoms with E-state index >= 15 is 0 Å². The number of anilines is 1. The molecule has 0 fully saturated rings. The molecule has 0 aliphatic rings. The average Bonchev–Trinajstić information content (AvgIpc) is 2.55. The van der Waals surface area contributed by atoms with E-state index in [1.165, 1.54) is 32.5 Å². The molecule has 0 saturated carbocycles. The van der Waals surface area contributed by atoms with Crippen molar-refractivity contribution < 1.29 is 19.1 Å². The fraction of sp³-hybridized carbons (Fsp3) is 0.250. The van der Waals surface area contributed by atoms with E-state index in [0.29, 0.717) is 22.2 Å². The van der Waals surface area contributed by atoms with Crippen LogP contribution in [0.4, 0.5) is 5.69 Å². The zero-order valence-corrected chi connectivity index (χ0v) is 14.1. The van der Waals surface area contributed by atoms with Gasteiger partial charge < -0.3 is 14.8 Å². The molecule has 1 N–H and O–H groups in total. The second kappa shape index (κ2) is 7.74. The molecule has 7 nitrogen and oxygen atoms in total. The summed E-state index contributed by atoms with van der Waals surface area (Å²) >= 11 is 5.91. The molecule has 0 aliphatic heterocycles. The first kappa shape index (κ1) is 17.7. The number of nitrogens with one attached hydrogen (secondary N) is 1. The zero-order chi connectivity index (χ0) is 17.7. The van der Waals surface area contributed by atoms with Gasteiger partial charge in [-0.15, -0.1) is 0 Å². The van der Waals surface area contributed by atoms with Crippen molar-refractivity contribution in [3.8, 4) is 5.75 Å². The summed E-state index contributed by atoms with van der Waals surface area (Å²) in [6, 6.07) is 4.80. The predicted molar refractivity (Wildman–Crippen MR) is 88.3 cm³/mol. The molecule has 0 aliphatic carbocycles. The van der Waals surface area contributed by atoms with Crippen LogP contribution in [0.5, 0.6) is 5.75 Å². The third-order valence-corrected chi connectivity index (χ3v) is 3.30. The number of ether oxygens (including phenoxy) is 2. The minimum atomic E-state index is -1.04. The highest BCUT2D eigenvalue weighted by Gasteiger charge is 2.21. The molecule has 1 aromatic carbocycles. The van der Waals surface area contributed by atoms with Crippen molar-refractivity contribution in [3.05, 3.63) is 47.0 Å². The van der Waals surface area contributed by atoms with Crippen molar-refractivity contribution in [2.75, 3.05) is 12.4 Å².